The van der Waals surface area contributed by atoms with E-state index in [-0.39, 0.29) is 23.7 Å². The predicted octanol–water partition coefficient (Wildman–Crippen LogP) is 1.89. The maximum Gasteiger partial charge on any atom is 0.297 e. The first-order valence-electron chi connectivity index (χ1n) is 6.62. The maximum atomic E-state index is 12.0. The minimum Gasteiger partial charge on any atom is -0.379 e. The number of hydrogen-bond donors (Lipinski definition) is 0. The Morgan fingerprint density at radius 3 is 2.50 bits per heavy atom. The summed E-state index contributed by atoms with van der Waals surface area (Å²) in [4.78, 5) is 0.175. The zero-order valence-corrected chi connectivity index (χ0v) is 12.6. The number of hydrogen-bond acceptors (Lipinski definition) is 5. The van der Waals surface area contributed by atoms with E-state index in [0.29, 0.717) is 6.61 Å². The molecule has 1 fully saturated rings. The van der Waals surface area contributed by atoms with Crippen molar-refractivity contribution in [1.29, 1.82) is 0 Å². The molecule has 20 heavy (non-hydrogen) atoms. The molecule has 1 heterocycles. The molecule has 112 valence electrons. The second kappa shape index (κ2) is 6.67. The van der Waals surface area contributed by atoms with Crippen LogP contribution in [0.3, 0.4) is 0 Å². The van der Waals surface area contributed by atoms with Crippen molar-refractivity contribution >= 4 is 10.1 Å². The molecule has 1 aliphatic rings. The second-order valence-electron chi connectivity index (χ2n) is 4.94. The molecule has 1 aromatic rings. The highest BCUT2D eigenvalue weighted by atomic mass is 32.2. The molecule has 0 bridgehead atoms. The highest BCUT2D eigenvalue weighted by Crippen LogP contribution is 2.19. The smallest absolute Gasteiger partial charge is 0.297 e. The molecule has 0 aromatic heterocycles. The van der Waals surface area contributed by atoms with Crippen molar-refractivity contribution in [3.63, 3.8) is 0 Å². The minimum atomic E-state index is -3.71. The zero-order valence-electron chi connectivity index (χ0n) is 11.7. The SMILES string of the molecule is CO[C@@H]1CC[C@@H](COS(=O)(=O)c2ccc(C)cc2)OC1. The average molecular weight is 300 g/mol. The lowest BCUT2D eigenvalue weighted by atomic mass is 10.1. The van der Waals surface area contributed by atoms with E-state index in [1.54, 1.807) is 31.4 Å². The number of aryl methyl sites for hydroxylation is 1. The third-order valence-electron chi connectivity index (χ3n) is 3.38. The Bertz CT molecular complexity index is 515. The van der Waals surface area contributed by atoms with Crippen LogP contribution in [0.15, 0.2) is 29.2 Å². The summed E-state index contributed by atoms with van der Waals surface area (Å²) in [6.07, 6.45) is 1.50. The van der Waals surface area contributed by atoms with Gasteiger partial charge in [-0.15, -0.1) is 0 Å². The molecule has 0 aliphatic carbocycles. The molecule has 0 N–H and O–H groups in total. The fraction of sp³-hybridized carbons (Fsp3) is 0.571. The van der Waals surface area contributed by atoms with E-state index in [1.807, 2.05) is 6.92 Å². The van der Waals surface area contributed by atoms with Gasteiger partial charge in [0, 0.05) is 7.11 Å². The number of benzene rings is 1. The summed E-state index contributed by atoms with van der Waals surface area (Å²) in [7, 11) is -2.06. The van der Waals surface area contributed by atoms with Gasteiger partial charge in [-0.05, 0) is 31.9 Å². The molecule has 6 heteroatoms. The second-order valence-corrected chi connectivity index (χ2v) is 6.56. The van der Waals surface area contributed by atoms with Crippen LogP contribution < -0.4 is 0 Å². The lowest BCUT2D eigenvalue weighted by Crippen LogP contribution is -2.33. The first kappa shape index (κ1) is 15.4. The van der Waals surface area contributed by atoms with Crippen LogP contribution in [0.4, 0.5) is 0 Å². The third-order valence-corrected chi connectivity index (χ3v) is 4.68. The largest absolute Gasteiger partial charge is 0.379 e. The Labute approximate surface area is 120 Å². The molecule has 2 atom stereocenters. The van der Waals surface area contributed by atoms with Gasteiger partial charge in [-0.1, -0.05) is 17.7 Å². The van der Waals surface area contributed by atoms with Crippen molar-refractivity contribution in [2.24, 2.45) is 0 Å². The van der Waals surface area contributed by atoms with Crippen molar-refractivity contribution < 1.29 is 22.1 Å². The van der Waals surface area contributed by atoms with Gasteiger partial charge in [-0.3, -0.25) is 4.18 Å². The van der Waals surface area contributed by atoms with E-state index in [2.05, 4.69) is 0 Å². The van der Waals surface area contributed by atoms with Gasteiger partial charge in [0.25, 0.3) is 10.1 Å². The summed E-state index contributed by atoms with van der Waals surface area (Å²) in [5, 5.41) is 0. The summed E-state index contributed by atoms with van der Waals surface area (Å²) in [6, 6.07) is 6.59. The summed E-state index contributed by atoms with van der Waals surface area (Å²) in [6.45, 7) is 2.43. The van der Waals surface area contributed by atoms with Crippen molar-refractivity contribution in [1.82, 2.24) is 0 Å². The molecule has 5 nitrogen and oxygen atoms in total. The zero-order chi connectivity index (χ0) is 14.6. The van der Waals surface area contributed by atoms with Gasteiger partial charge >= 0.3 is 0 Å². The van der Waals surface area contributed by atoms with Crippen LogP contribution in [0.5, 0.6) is 0 Å². The fourth-order valence-electron chi connectivity index (χ4n) is 2.04. The van der Waals surface area contributed by atoms with Crippen LogP contribution in [0.2, 0.25) is 0 Å². The molecule has 2 rings (SSSR count). The van der Waals surface area contributed by atoms with Crippen molar-refractivity contribution in [2.75, 3.05) is 20.3 Å². The Balaban J connectivity index is 1.88. The van der Waals surface area contributed by atoms with Crippen LogP contribution in [0.1, 0.15) is 18.4 Å². The molecule has 0 spiro atoms. The van der Waals surface area contributed by atoms with Crippen LogP contribution in [-0.4, -0.2) is 40.9 Å². The molecule has 1 saturated heterocycles. The van der Waals surface area contributed by atoms with Gasteiger partial charge in [-0.2, -0.15) is 8.42 Å². The van der Waals surface area contributed by atoms with Crippen LogP contribution in [0.25, 0.3) is 0 Å². The van der Waals surface area contributed by atoms with E-state index >= 15 is 0 Å². The summed E-state index contributed by atoms with van der Waals surface area (Å²) >= 11 is 0. The van der Waals surface area contributed by atoms with Crippen LogP contribution in [-0.2, 0) is 23.8 Å². The maximum absolute atomic E-state index is 12.0. The van der Waals surface area contributed by atoms with E-state index in [4.69, 9.17) is 13.7 Å². The molecule has 0 saturated carbocycles. The molecular formula is C14H20O5S. The molecule has 1 aliphatic heterocycles. The summed E-state index contributed by atoms with van der Waals surface area (Å²) < 4.78 is 39.8. The van der Waals surface area contributed by atoms with Gasteiger partial charge in [0.15, 0.2) is 0 Å². The monoisotopic (exact) mass is 300 g/mol. The Morgan fingerprint density at radius 2 is 1.95 bits per heavy atom. The molecule has 0 unspecified atom stereocenters. The molecule has 1 aromatic carbocycles. The predicted molar refractivity (Wildman–Crippen MR) is 74.1 cm³/mol. The Hall–Kier alpha value is -0.950. The average Bonchev–Trinajstić information content (AvgIpc) is 2.46. The number of methoxy groups -OCH3 is 1. The number of ether oxygens (including phenoxy) is 2. The van der Waals surface area contributed by atoms with Gasteiger partial charge in [0.05, 0.1) is 30.3 Å². The van der Waals surface area contributed by atoms with Crippen molar-refractivity contribution in [3.8, 4) is 0 Å². The van der Waals surface area contributed by atoms with E-state index in [9.17, 15) is 8.42 Å². The third kappa shape index (κ3) is 4.02. The first-order valence-corrected chi connectivity index (χ1v) is 8.02. The van der Waals surface area contributed by atoms with Crippen LogP contribution >= 0.6 is 0 Å². The highest BCUT2D eigenvalue weighted by molar-refractivity contribution is 7.86. The lowest BCUT2D eigenvalue weighted by Gasteiger charge is -2.27. The standard InChI is InChI=1S/C14H20O5S/c1-11-3-7-14(8-4-11)20(15,16)19-10-13-6-5-12(17-2)9-18-13/h3-4,7-8,12-13H,5-6,9-10H2,1-2H3/t12-,13+/m1/s1. The first-order chi connectivity index (χ1) is 9.51. The molecule has 0 amide bonds. The van der Waals surface area contributed by atoms with Crippen LogP contribution in [0, 0.1) is 6.92 Å². The van der Waals surface area contributed by atoms with E-state index in [0.717, 1.165) is 18.4 Å². The van der Waals surface area contributed by atoms with Crippen molar-refractivity contribution in [2.45, 2.75) is 36.9 Å². The topological polar surface area (TPSA) is 61.8 Å². The Morgan fingerprint density at radius 1 is 1.25 bits per heavy atom. The van der Waals surface area contributed by atoms with E-state index in [1.165, 1.54) is 0 Å². The van der Waals surface area contributed by atoms with Gasteiger partial charge < -0.3 is 9.47 Å². The van der Waals surface area contributed by atoms with E-state index < -0.39 is 10.1 Å². The molecule has 0 radical (unpaired) electrons. The quantitative estimate of drug-likeness (QED) is 0.777. The Kier molecular flexibility index (Phi) is 5.15. The van der Waals surface area contributed by atoms with Gasteiger partial charge in [-0.25, -0.2) is 0 Å². The minimum absolute atomic E-state index is 0.0483. The molecular weight excluding hydrogens is 280 g/mol. The normalized spacial score (nSPS) is 23.7. The van der Waals surface area contributed by atoms with Crippen molar-refractivity contribution in [3.05, 3.63) is 29.8 Å². The van der Waals surface area contributed by atoms with Gasteiger partial charge in [0.2, 0.25) is 0 Å². The number of rotatable bonds is 5. The highest BCUT2D eigenvalue weighted by Gasteiger charge is 2.24. The fourth-order valence-corrected chi connectivity index (χ4v) is 2.97. The summed E-state index contributed by atoms with van der Waals surface area (Å²) in [5.74, 6) is 0. The summed E-state index contributed by atoms with van der Waals surface area (Å²) in [5.41, 5.74) is 1.00. The van der Waals surface area contributed by atoms with Gasteiger partial charge in [0.1, 0.15) is 0 Å². The lowest BCUT2D eigenvalue weighted by molar-refractivity contribution is -0.0823.